The standard InChI is InChI=1S/C11H14N4O3/c1-6-5-15(12-3-4-16)9-8(7(6)2)10(17)14-11(18)13-9/h5,12,16H,3-4H2,1-2H3,(H,14,17,18)/p+1. The van der Waals surface area contributed by atoms with E-state index in [0.29, 0.717) is 17.6 Å². The first kappa shape index (κ1) is 12.3. The van der Waals surface area contributed by atoms with Gasteiger partial charge in [0.2, 0.25) is 0 Å². The highest BCUT2D eigenvalue weighted by Crippen LogP contribution is 2.10. The number of H-pyrrole nitrogens is 2. The molecule has 0 saturated heterocycles. The average molecular weight is 251 g/mol. The van der Waals surface area contributed by atoms with E-state index >= 15 is 0 Å². The third kappa shape index (κ3) is 2.00. The van der Waals surface area contributed by atoms with Gasteiger partial charge in [-0.15, -0.1) is 4.68 Å². The second kappa shape index (κ2) is 4.61. The lowest BCUT2D eigenvalue weighted by Crippen LogP contribution is -2.49. The van der Waals surface area contributed by atoms with Gasteiger partial charge in [-0.25, -0.2) is 4.79 Å². The molecule has 7 nitrogen and oxygen atoms in total. The van der Waals surface area contributed by atoms with Crippen LogP contribution in [-0.2, 0) is 0 Å². The molecule has 0 spiro atoms. The zero-order valence-corrected chi connectivity index (χ0v) is 10.2. The summed E-state index contributed by atoms with van der Waals surface area (Å²) < 4.78 is 1.55. The Morgan fingerprint density at radius 3 is 2.72 bits per heavy atom. The van der Waals surface area contributed by atoms with E-state index in [9.17, 15) is 9.59 Å². The first-order chi connectivity index (χ1) is 8.54. The number of rotatable bonds is 3. The van der Waals surface area contributed by atoms with Gasteiger partial charge in [0.25, 0.3) is 5.56 Å². The van der Waals surface area contributed by atoms with E-state index in [-0.39, 0.29) is 6.61 Å². The summed E-state index contributed by atoms with van der Waals surface area (Å²) in [6, 6.07) is 0. The first-order valence-electron chi connectivity index (χ1n) is 5.57. The lowest BCUT2D eigenvalue weighted by Gasteiger charge is -2.08. The van der Waals surface area contributed by atoms with E-state index in [1.807, 2.05) is 13.8 Å². The molecule has 7 heteroatoms. The lowest BCUT2D eigenvalue weighted by molar-refractivity contribution is -0.625. The van der Waals surface area contributed by atoms with Gasteiger partial charge in [0, 0.05) is 0 Å². The minimum Gasteiger partial charge on any atom is -0.394 e. The topological polar surface area (TPSA) is 102 Å². The highest BCUT2D eigenvalue weighted by atomic mass is 16.3. The molecule has 2 aromatic heterocycles. The summed E-state index contributed by atoms with van der Waals surface area (Å²) in [4.78, 5) is 27.9. The zero-order valence-electron chi connectivity index (χ0n) is 10.2. The van der Waals surface area contributed by atoms with Gasteiger partial charge in [-0.1, -0.05) is 0 Å². The van der Waals surface area contributed by atoms with Crippen molar-refractivity contribution in [1.82, 2.24) is 9.97 Å². The van der Waals surface area contributed by atoms with E-state index < -0.39 is 11.2 Å². The number of fused-ring (bicyclic) bond motifs is 1. The van der Waals surface area contributed by atoms with Gasteiger partial charge in [0.1, 0.15) is 11.6 Å². The van der Waals surface area contributed by atoms with Crippen molar-refractivity contribution in [3.05, 3.63) is 38.2 Å². The number of aromatic amines is 2. The number of hydrogen-bond acceptors (Lipinski definition) is 4. The molecule has 96 valence electrons. The molecule has 0 unspecified atom stereocenters. The predicted octanol–water partition coefficient (Wildman–Crippen LogP) is -1.34. The van der Waals surface area contributed by atoms with E-state index in [4.69, 9.17) is 5.11 Å². The lowest BCUT2D eigenvalue weighted by atomic mass is 10.1. The number of aliphatic hydroxyl groups excluding tert-OH is 1. The maximum absolute atomic E-state index is 11.8. The SMILES string of the molecule is Cc1c[n+](NCCO)c2[nH]c(=O)[nH]c(=O)c2c1C. The number of aromatic nitrogens is 3. The maximum Gasteiger partial charge on any atom is 0.413 e. The predicted molar refractivity (Wildman–Crippen MR) is 66.2 cm³/mol. The molecule has 0 amide bonds. The van der Waals surface area contributed by atoms with Gasteiger partial charge >= 0.3 is 11.3 Å². The van der Waals surface area contributed by atoms with Crippen LogP contribution in [-0.4, -0.2) is 28.2 Å². The number of nitrogens with one attached hydrogen (secondary N) is 3. The summed E-state index contributed by atoms with van der Waals surface area (Å²) in [5, 5.41) is 9.25. The molecular formula is C11H15N4O3+. The number of pyridine rings is 1. The Morgan fingerprint density at radius 2 is 2.06 bits per heavy atom. The molecule has 0 atom stereocenters. The number of nitrogens with zero attached hydrogens (tertiary/aromatic N) is 1. The normalized spacial score (nSPS) is 10.8. The summed E-state index contributed by atoms with van der Waals surface area (Å²) in [5.74, 6) is 0. The molecule has 18 heavy (non-hydrogen) atoms. The third-order valence-electron chi connectivity index (χ3n) is 2.85. The molecule has 0 saturated carbocycles. The number of aryl methyl sites for hydroxylation is 2. The second-order valence-corrected chi connectivity index (χ2v) is 4.07. The van der Waals surface area contributed by atoms with Crippen molar-refractivity contribution >= 4 is 11.0 Å². The molecule has 2 aromatic rings. The van der Waals surface area contributed by atoms with Crippen LogP contribution in [0.25, 0.3) is 11.0 Å². The molecule has 2 heterocycles. The van der Waals surface area contributed by atoms with Crippen molar-refractivity contribution in [2.45, 2.75) is 13.8 Å². The first-order valence-corrected chi connectivity index (χ1v) is 5.57. The average Bonchev–Trinajstić information content (AvgIpc) is 2.31. The molecule has 0 fully saturated rings. The summed E-state index contributed by atoms with van der Waals surface area (Å²) in [6.07, 6.45) is 1.77. The van der Waals surface area contributed by atoms with Crippen molar-refractivity contribution in [3.63, 3.8) is 0 Å². The maximum atomic E-state index is 11.8. The summed E-state index contributed by atoms with van der Waals surface area (Å²) >= 11 is 0. The van der Waals surface area contributed by atoms with Gasteiger partial charge in [-0.3, -0.25) is 15.2 Å². The van der Waals surface area contributed by atoms with Gasteiger partial charge in [-0.05, 0) is 25.0 Å². The van der Waals surface area contributed by atoms with Crippen LogP contribution in [0.5, 0.6) is 0 Å². The minimum absolute atomic E-state index is 0.0468. The van der Waals surface area contributed by atoms with Crippen LogP contribution in [0.2, 0.25) is 0 Å². The van der Waals surface area contributed by atoms with Crippen LogP contribution in [0.1, 0.15) is 11.1 Å². The van der Waals surface area contributed by atoms with Crippen LogP contribution in [0.15, 0.2) is 15.8 Å². The fraction of sp³-hybridized carbons (Fsp3) is 0.364. The Labute approximate surface area is 102 Å². The Morgan fingerprint density at radius 1 is 1.33 bits per heavy atom. The molecule has 0 bridgehead atoms. The quantitative estimate of drug-likeness (QED) is 0.507. The van der Waals surface area contributed by atoms with Crippen molar-refractivity contribution in [2.75, 3.05) is 18.6 Å². The largest absolute Gasteiger partial charge is 0.413 e. The Balaban J connectivity index is 2.83. The zero-order chi connectivity index (χ0) is 13.3. The molecule has 0 aliphatic heterocycles. The highest BCUT2D eigenvalue weighted by Gasteiger charge is 2.16. The monoisotopic (exact) mass is 251 g/mol. The van der Waals surface area contributed by atoms with E-state index in [0.717, 1.165) is 11.1 Å². The van der Waals surface area contributed by atoms with Crippen LogP contribution >= 0.6 is 0 Å². The van der Waals surface area contributed by atoms with Crippen molar-refractivity contribution in [1.29, 1.82) is 0 Å². The molecule has 0 radical (unpaired) electrons. The molecule has 0 aliphatic rings. The number of hydrogen-bond donors (Lipinski definition) is 4. The van der Waals surface area contributed by atoms with Crippen LogP contribution in [0, 0.1) is 13.8 Å². The Hall–Kier alpha value is -2.15. The summed E-state index contributed by atoms with van der Waals surface area (Å²) in [6.45, 7) is 3.96. The number of aliphatic hydroxyl groups is 1. The summed E-state index contributed by atoms with van der Waals surface area (Å²) in [7, 11) is 0. The van der Waals surface area contributed by atoms with Crippen LogP contribution < -0.4 is 21.4 Å². The minimum atomic E-state index is -0.560. The molecule has 2 rings (SSSR count). The van der Waals surface area contributed by atoms with E-state index in [1.54, 1.807) is 10.9 Å². The van der Waals surface area contributed by atoms with Crippen molar-refractivity contribution in [3.8, 4) is 0 Å². The van der Waals surface area contributed by atoms with Gasteiger partial charge < -0.3 is 5.11 Å². The smallest absolute Gasteiger partial charge is 0.394 e. The fourth-order valence-electron chi connectivity index (χ4n) is 1.85. The second-order valence-electron chi connectivity index (χ2n) is 4.07. The molecular weight excluding hydrogens is 236 g/mol. The highest BCUT2D eigenvalue weighted by molar-refractivity contribution is 5.75. The molecule has 0 aliphatic carbocycles. The summed E-state index contributed by atoms with van der Waals surface area (Å²) in [5.41, 5.74) is 4.03. The van der Waals surface area contributed by atoms with Crippen molar-refractivity contribution in [2.24, 2.45) is 0 Å². The molecule has 0 aromatic carbocycles. The van der Waals surface area contributed by atoms with Crippen molar-refractivity contribution < 1.29 is 9.78 Å². The van der Waals surface area contributed by atoms with E-state index in [1.165, 1.54) is 0 Å². The van der Waals surface area contributed by atoms with Gasteiger partial charge in [0.15, 0.2) is 0 Å². The van der Waals surface area contributed by atoms with Crippen LogP contribution in [0.4, 0.5) is 0 Å². The van der Waals surface area contributed by atoms with Crippen LogP contribution in [0.3, 0.4) is 0 Å². The van der Waals surface area contributed by atoms with Gasteiger partial charge in [0.05, 0.1) is 13.2 Å². The Bertz CT molecular complexity index is 702. The van der Waals surface area contributed by atoms with E-state index in [2.05, 4.69) is 15.4 Å². The Kier molecular flexibility index (Phi) is 3.15. The van der Waals surface area contributed by atoms with Gasteiger partial charge in [-0.2, -0.15) is 4.98 Å². The molecule has 4 N–H and O–H groups in total. The third-order valence-corrected chi connectivity index (χ3v) is 2.85. The fourth-order valence-corrected chi connectivity index (χ4v) is 1.85.